The Morgan fingerprint density at radius 1 is 1.31 bits per heavy atom. The van der Waals surface area contributed by atoms with Gasteiger partial charge in [0, 0.05) is 13.1 Å². The maximum absolute atomic E-state index is 12.0. The van der Waals surface area contributed by atoms with E-state index in [0.717, 1.165) is 37.4 Å². The van der Waals surface area contributed by atoms with Crippen molar-refractivity contribution in [2.24, 2.45) is 0 Å². The van der Waals surface area contributed by atoms with Crippen LogP contribution in [0, 0.1) is 0 Å². The van der Waals surface area contributed by atoms with Gasteiger partial charge in [-0.3, -0.25) is 4.79 Å². The second-order valence-corrected chi connectivity index (χ2v) is 4.27. The molecular weight excluding hydrogens is 202 g/mol. The third-order valence-corrected chi connectivity index (χ3v) is 3.24. The number of amides is 1. The second kappa shape index (κ2) is 3.79. The Bertz CT molecular complexity index is 418. The number of carbonyl (C=O) groups is 1. The summed E-state index contributed by atoms with van der Waals surface area (Å²) >= 11 is 0. The van der Waals surface area contributed by atoms with Crippen molar-refractivity contribution >= 4 is 17.3 Å². The molecule has 2 N–H and O–H groups in total. The van der Waals surface area contributed by atoms with Crippen LogP contribution in [0.5, 0.6) is 0 Å². The predicted octanol–water partition coefficient (Wildman–Crippen LogP) is 0.807. The van der Waals surface area contributed by atoms with Crippen molar-refractivity contribution in [3.63, 3.8) is 0 Å². The fourth-order valence-corrected chi connectivity index (χ4v) is 2.45. The van der Waals surface area contributed by atoms with Crippen LogP contribution in [0.25, 0.3) is 0 Å². The van der Waals surface area contributed by atoms with E-state index < -0.39 is 0 Å². The molecule has 1 aromatic carbocycles. The molecule has 0 bridgehead atoms. The summed E-state index contributed by atoms with van der Waals surface area (Å²) in [6, 6.07) is 7.95. The number of nitrogens with one attached hydrogen (secondary N) is 2. The van der Waals surface area contributed by atoms with Gasteiger partial charge in [-0.25, -0.2) is 0 Å². The maximum atomic E-state index is 12.0. The number of rotatable bonds is 0. The van der Waals surface area contributed by atoms with Crippen molar-refractivity contribution in [3.8, 4) is 0 Å². The van der Waals surface area contributed by atoms with Crippen LogP contribution in [-0.2, 0) is 4.79 Å². The molecule has 2 aliphatic heterocycles. The lowest BCUT2D eigenvalue weighted by atomic mass is 10.1. The van der Waals surface area contributed by atoms with Crippen molar-refractivity contribution in [2.45, 2.75) is 12.5 Å². The molecule has 84 valence electrons. The average Bonchev–Trinajstić information content (AvgIpc) is 2.55. The van der Waals surface area contributed by atoms with Gasteiger partial charge in [0.2, 0.25) is 5.91 Å². The number of benzene rings is 1. The largest absolute Gasteiger partial charge is 0.357 e. The molecule has 1 atom stereocenters. The number of hydrogen-bond acceptors (Lipinski definition) is 3. The predicted molar refractivity (Wildman–Crippen MR) is 63.7 cm³/mol. The summed E-state index contributed by atoms with van der Waals surface area (Å²) in [6.07, 6.45) is 1.08. The first-order valence-corrected chi connectivity index (χ1v) is 5.73. The quantitative estimate of drug-likeness (QED) is 0.676. The number of fused-ring (bicyclic) bond motifs is 3. The zero-order valence-electron chi connectivity index (χ0n) is 9.07. The Balaban J connectivity index is 2.03. The minimum absolute atomic E-state index is 0.0580. The minimum atomic E-state index is -0.0580. The summed E-state index contributed by atoms with van der Waals surface area (Å²) in [5, 5.41) is 6.27. The topological polar surface area (TPSA) is 44.4 Å². The SMILES string of the molecule is O=C1Nc2ccccc2N2CCCNCC12. The molecule has 3 rings (SSSR count). The lowest BCUT2D eigenvalue weighted by Crippen LogP contribution is -2.51. The van der Waals surface area contributed by atoms with Gasteiger partial charge in [0.15, 0.2) is 0 Å². The Morgan fingerprint density at radius 3 is 3.12 bits per heavy atom. The number of hydrogen-bond donors (Lipinski definition) is 2. The van der Waals surface area contributed by atoms with Gasteiger partial charge in [-0.1, -0.05) is 12.1 Å². The van der Waals surface area contributed by atoms with E-state index in [1.807, 2.05) is 18.2 Å². The molecule has 1 unspecified atom stereocenters. The van der Waals surface area contributed by atoms with Crippen molar-refractivity contribution < 1.29 is 4.79 Å². The molecule has 1 saturated heterocycles. The molecule has 2 heterocycles. The van der Waals surface area contributed by atoms with Gasteiger partial charge in [-0.05, 0) is 25.1 Å². The summed E-state index contributed by atoms with van der Waals surface area (Å²) in [6.45, 7) is 2.67. The number of nitrogens with zero attached hydrogens (tertiary/aromatic N) is 1. The minimum Gasteiger partial charge on any atom is -0.357 e. The van der Waals surface area contributed by atoms with Crippen molar-refractivity contribution in [1.82, 2.24) is 5.32 Å². The normalized spacial score (nSPS) is 24.1. The smallest absolute Gasteiger partial charge is 0.248 e. The highest BCUT2D eigenvalue weighted by Crippen LogP contribution is 2.32. The van der Waals surface area contributed by atoms with Crippen LogP contribution in [0.1, 0.15) is 6.42 Å². The van der Waals surface area contributed by atoms with Crippen molar-refractivity contribution in [2.75, 3.05) is 29.9 Å². The first-order valence-electron chi connectivity index (χ1n) is 5.73. The zero-order chi connectivity index (χ0) is 11.0. The molecular formula is C12H15N3O. The van der Waals surface area contributed by atoms with Gasteiger partial charge in [-0.2, -0.15) is 0 Å². The molecule has 0 aromatic heterocycles. The highest BCUT2D eigenvalue weighted by atomic mass is 16.2. The zero-order valence-corrected chi connectivity index (χ0v) is 9.07. The Morgan fingerprint density at radius 2 is 2.19 bits per heavy atom. The first-order chi connectivity index (χ1) is 7.86. The molecule has 1 aromatic rings. The molecule has 2 aliphatic rings. The highest BCUT2D eigenvalue weighted by molar-refractivity contribution is 6.03. The second-order valence-electron chi connectivity index (χ2n) is 4.27. The fourth-order valence-electron chi connectivity index (χ4n) is 2.45. The van der Waals surface area contributed by atoms with Crippen LogP contribution in [0.15, 0.2) is 24.3 Å². The number of carbonyl (C=O) groups excluding carboxylic acids is 1. The molecule has 1 fully saturated rings. The lowest BCUT2D eigenvalue weighted by molar-refractivity contribution is -0.117. The van der Waals surface area contributed by atoms with Gasteiger partial charge in [0.1, 0.15) is 6.04 Å². The molecule has 0 radical (unpaired) electrons. The van der Waals surface area contributed by atoms with Crippen molar-refractivity contribution in [3.05, 3.63) is 24.3 Å². The standard InChI is InChI=1S/C12H15N3O/c16-12-11-8-13-6-3-7-15(11)10-5-2-1-4-9(10)14-12/h1-2,4-5,11,13H,3,6-8H2,(H,14,16). The van der Waals surface area contributed by atoms with E-state index >= 15 is 0 Å². The summed E-state index contributed by atoms with van der Waals surface area (Å²) in [4.78, 5) is 14.2. The summed E-state index contributed by atoms with van der Waals surface area (Å²) in [5.41, 5.74) is 2.08. The molecule has 16 heavy (non-hydrogen) atoms. The van der Waals surface area contributed by atoms with E-state index in [1.54, 1.807) is 0 Å². The van der Waals surface area contributed by atoms with Gasteiger partial charge in [-0.15, -0.1) is 0 Å². The monoisotopic (exact) mass is 217 g/mol. The van der Waals surface area contributed by atoms with E-state index in [-0.39, 0.29) is 11.9 Å². The van der Waals surface area contributed by atoms with Crippen molar-refractivity contribution in [1.29, 1.82) is 0 Å². The average molecular weight is 217 g/mol. The summed E-state index contributed by atoms with van der Waals surface area (Å²) < 4.78 is 0. The van der Waals surface area contributed by atoms with Crippen LogP contribution < -0.4 is 15.5 Å². The van der Waals surface area contributed by atoms with E-state index in [4.69, 9.17) is 0 Å². The Hall–Kier alpha value is -1.55. The third-order valence-electron chi connectivity index (χ3n) is 3.24. The Kier molecular flexibility index (Phi) is 2.29. The number of anilines is 2. The molecule has 0 spiro atoms. The van der Waals surface area contributed by atoms with Gasteiger partial charge in [0.25, 0.3) is 0 Å². The van der Waals surface area contributed by atoms with Gasteiger partial charge >= 0.3 is 0 Å². The van der Waals surface area contributed by atoms with Gasteiger partial charge in [0.05, 0.1) is 11.4 Å². The van der Waals surface area contributed by atoms with E-state index in [9.17, 15) is 4.79 Å². The molecule has 4 heteroatoms. The van der Waals surface area contributed by atoms with Crippen LogP contribution in [0.4, 0.5) is 11.4 Å². The lowest BCUT2D eigenvalue weighted by Gasteiger charge is -2.36. The van der Waals surface area contributed by atoms with Crippen LogP contribution in [-0.4, -0.2) is 31.6 Å². The maximum Gasteiger partial charge on any atom is 0.248 e. The molecule has 4 nitrogen and oxygen atoms in total. The Labute approximate surface area is 94.6 Å². The highest BCUT2D eigenvalue weighted by Gasteiger charge is 2.33. The van der Waals surface area contributed by atoms with Gasteiger partial charge < -0.3 is 15.5 Å². The van der Waals surface area contributed by atoms with Crippen LogP contribution >= 0.6 is 0 Å². The molecule has 0 aliphatic carbocycles. The fraction of sp³-hybridized carbons (Fsp3) is 0.417. The molecule has 1 amide bonds. The first kappa shape index (κ1) is 9.66. The summed E-state index contributed by atoms with van der Waals surface area (Å²) in [7, 11) is 0. The van der Waals surface area contributed by atoms with E-state index in [1.165, 1.54) is 0 Å². The molecule has 0 saturated carbocycles. The van der Waals surface area contributed by atoms with Crippen LogP contribution in [0.3, 0.4) is 0 Å². The van der Waals surface area contributed by atoms with E-state index in [2.05, 4.69) is 21.6 Å². The third kappa shape index (κ3) is 1.46. The number of para-hydroxylation sites is 2. The van der Waals surface area contributed by atoms with Crippen LogP contribution in [0.2, 0.25) is 0 Å². The summed E-state index contributed by atoms with van der Waals surface area (Å²) in [5.74, 6) is 0.105. The van der Waals surface area contributed by atoms with E-state index in [0.29, 0.717) is 0 Å².